The van der Waals surface area contributed by atoms with Crippen LogP contribution in [0.15, 0.2) is 24.3 Å². The molecule has 1 amide bonds. The van der Waals surface area contributed by atoms with Gasteiger partial charge in [0, 0.05) is 12.1 Å². The van der Waals surface area contributed by atoms with Crippen molar-refractivity contribution >= 4 is 23.5 Å². The van der Waals surface area contributed by atoms with Gasteiger partial charge in [0.1, 0.15) is 5.69 Å². The number of aryl methyl sites for hydroxylation is 2. The standard InChI is InChI=1S/C17H20ClN3O4/c1-10-17(11(2)21(3)20-10)25-9-15(22)19-14(8-16(23)24)12-4-6-13(18)7-5-12/h4-7,14H,8-9H2,1-3H3,(H,19,22)(H,23,24)/t14-/m0/s1. The molecule has 0 saturated heterocycles. The summed E-state index contributed by atoms with van der Waals surface area (Å²) in [5, 5.41) is 16.5. The zero-order valence-corrected chi connectivity index (χ0v) is 15.0. The lowest BCUT2D eigenvalue weighted by Crippen LogP contribution is -2.34. The lowest BCUT2D eigenvalue weighted by Gasteiger charge is -2.18. The van der Waals surface area contributed by atoms with Gasteiger partial charge in [-0.25, -0.2) is 0 Å². The number of hydrogen-bond donors (Lipinski definition) is 2. The van der Waals surface area contributed by atoms with Gasteiger partial charge in [0.15, 0.2) is 12.4 Å². The van der Waals surface area contributed by atoms with E-state index in [0.29, 0.717) is 22.0 Å². The highest BCUT2D eigenvalue weighted by molar-refractivity contribution is 6.30. The number of carbonyl (C=O) groups is 2. The summed E-state index contributed by atoms with van der Waals surface area (Å²) < 4.78 is 7.22. The third kappa shape index (κ3) is 4.96. The van der Waals surface area contributed by atoms with Gasteiger partial charge in [0.2, 0.25) is 0 Å². The highest BCUT2D eigenvalue weighted by Crippen LogP contribution is 2.22. The van der Waals surface area contributed by atoms with Crippen LogP contribution in [0.1, 0.15) is 29.4 Å². The van der Waals surface area contributed by atoms with Crippen molar-refractivity contribution in [2.75, 3.05) is 6.61 Å². The lowest BCUT2D eigenvalue weighted by molar-refractivity contribution is -0.137. The third-order valence-corrected chi connectivity index (χ3v) is 4.03. The van der Waals surface area contributed by atoms with Crippen molar-refractivity contribution in [3.05, 3.63) is 46.2 Å². The number of amides is 1. The predicted molar refractivity (Wildman–Crippen MR) is 92.8 cm³/mol. The number of carboxylic acids is 1. The molecule has 8 heteroatoms. The first-order chi connectivity index (χ1) is 11.8. The van der Waals surface area contributed by atoms with E-state index in [4.69, 9.17) is 21.4 Å². The predicted octanol–water partition coefficient (Wildman–Crippen LogP) is 2.40. The lowest BCUT2D eigenvalue weighted by atomic mass is 10.0. The fourth-order valence-corrected chi connectivity index (χ4v) is 2.58. The van der Waals surface area contributed by atoms with Crippen LogP contribution in [0.5, 0.6) is 5.75 Å². The van der Waals surface area contributed by atoms with Crippen LogP contribution in [0, 0.1) is 13.8 Å². The van der Waals surface area contributed by atoms with Crippen LogP contribution < -0.4 is 10.1 Å². The minimum atomic E-state index is -1.01. The second kappa shape index (κ2) is 8.02. The number of rotatable bonds is 7. The van der Waals surface area contributed by atoms with Crippen LogP contribution in [0.25, 0.3) is 0 Å². The highest BCUT2D eigenvalue weighted by Gasteiger charge is 2.19. The number of carbonyl (C=O) groups excluding carboxylic acids is 1. The number of ether oxygens (including phenoxy) is 1. The first-order valence-corrected chi connectivity index (χ1v) is 8.05. The Morgan fingerprint density at radius 1 is 1.32 bits per heavy atom. The van der Waals surface area contributed by atoms with Crippen molar-refractivity contribution < 1.29 is 19.4 Å². The van der Waals surface area contributed by atoms with Crippen LogP contribution in [0.3, 0.4) is 0 Å². The molecule has 0 aliphatic heterocycles. The average molecular weight is 366 g/mol. The summed E-state index contributed by atoms with van der Waals surface area (Å²) in [7, 11) is 1.79. The second-order valence-corrected chi connectivity index (χ2v) is 6.12. The van der Waals surface area contributed by atoms with E-state index in [1.165, 1.54) is 0 Å². The summed E-state index contributed by atoms with van der Waals surface area (Å²) in [4.78, 5) is 23.3. The molecule has 1 atom stereocenters. The average Bonchev–Trinajstić information content (AvgIpc) is 2.78. The number of halogens is 1. The molecular weight excluding hydrogens is 346 g/mol. The van der Waals surface area contributed by atoms with Crippen LogP contribution in [-0.4, -0.2) is 33.4 Å². The van der Waals surface area contributed by atoms with Crippen molar-refractivity contribution in [2.45, 2.75) is 26.3 Å². The SMILES string of the molecule is Cc1nn(C)c(C)c1OCC(=O)N[C@@H](CC(=O)O)c1ccc(Cl)cc1. The fraction of sp³-hybridized carbons (Fsp3) is 0.353. The third-order valence-electron chi connectivity index (χ3n) is 3.78. The van der Waals surface area contributed by atoms with Crippen molar-refractivity contribution in [1.82, 2.24) is 15.1 Å². The summed E-state index contributed by atoms with van der Waals surface area (Å²) in [6.07, 6.45) is -0.238. The summed E-state index contributed by atoms with van der Waals surface area (Å²) in [5.41, 5.74) is 2.16. The van der Waals surface area contributed by atoms with Crippen molar-refractivity contribution in [3.63, 3.8) is 0 Å². The van der Waals surface area contributed by atoms with Crippen LogP contribution >= 0.6 is 11.6 Å². The Morgan fingerprint density at radius 3 is 2.48 bits per heavy atom. The van der Waals surface area contributed by atoms with Gasteiger partial charge < -0.3 is 15.2 Å². The Kier molecular flexibility index (Phi) is 6.03. The van der Waals surface area contributed by atoms with E-state index >= 15 is 0 Å². The van der Waals surface area contributed by atoms with Crippen LogP contribution in [-0.2, 0) is 16.6 Å². The largest absolute Gasteiger partial charge is 0.481 e. The first kappa shape index (κ1) is 18.8. The number of aromatic nitrogens is 2. The topological polar surface area (TPSA) is 93.5 Å². The molecule has 0 radical (unpaired) electrons. The smallest absolute Gasteiger partial charge is 0.305 e. The Balaban J connectivity index is 2.04. The van der Waals surface area contributed by atoms with Gasteiger partial charge in [-0.1, -0.05) is 23.7 Å². The molecule has 25 heavy (non-hydrogen) atoms. The molecule has 0 aliphatic carbocycles. The molecular formula is C17H20ClN3O4. The van der Waals surface area contributed by atoms with Gasteiger partial charge in [0.05, 0.1) is 18.2 Å². The number of carboxylic acid groups (broad SMARTS) is 1. The normalized spacial score (nSPS) is 11.8. The molecule has 2 N–H and O–H groups in total. The quantitative estimate of drug-likeness (QED) is 0.785. The van der Waals surface area contributed by atoms with Gasteiger partial charge in [-0.3, -0.25) is 14.3 Å². The van der Waals surface area contributed by atoms with Crippen molar-refractivity contribution in [1.29, 1.82) is 0 Å². The van der Waals surface area contributed by atoms with Crippen molar-refractivity contribution in [3.8, 4) is 5.75 Å². The Bertz CT molecular complexity index is 771. The zero-order chi connectivity index (χ0) is 18.6. The van der Waals surface area contributed by atoms with Crippen LogP contribution in [0.2, 0.25) is 5.02 Å². The molecule has 1 heterocycles. The van der Waals surface area contributed by atoms with E-state index in [0.717, 1.165) is 5.69 Å². The highest BCUT2D eigenvalue weighted by atomic mass is 35.5. The second-order valence-electron chi connectivity index (χ2n) is 5.68. The Labute approximate surface area is 150 Å². The van der Waals surface area contributed by atoms with E-state index in [1.54, 1.807) is 42.9 Å². The van der Waals surface area contributed by atoms with E-state index < -0.39 is 17.9 Å². The summed E-state index contributed by atoms with van der Waals surface area (Å²) in [6, 6.07) is 6.01. The molecule has 0 aliphatic rings. The Morgan fingerprint density at radius 2 is 1.96 bits per heavy atom. The van der Waals surface area contributed by atoms with Gasteiger partial charge in [0.25, 0.3) is 5.91 Å². The van der Waals surface area contributed by atoms with E-state index in [2.05, 4.69) is 10.4 Å². The number of hydrogen-bond acceptors (Lipinski definition) is 4. The molecule has 0 unspecified atom stereocenters. The van der Waals surface area contributed by atoms with E-state index in [9.17, 15) is 9.59 Å². The maximum atomic E-state index is 12.2. The van der Waals surface area contributed by atoms with Gasteiger partial charge >= 0.3 is 5.97 Å². The Hall–Kier alpha value is -2.54. The minimum Gasteiger partial charge on any atom is -0.481 e. The first-order valence-electron chi connectivity index (χ1n) is 7.67. The zero-order valence-electron chi connectivity index (χ0n) is 14.2. The molecule has 0 fully saturated rings. The molecule has 0 saturated carbocycles. The van der Waals surface area contributed by atoms with Gasteiger partial charge in [-0.05, 0) is 31.5 Å². The molecule has 1 aromatic carbocycles. The summed E-state index contributed by atoms with van der Waals surface area (Å²) in [6.45, 7) is 3.41. The number of aliphatic carboxylic acids is 1. The van der Waals surface area contributed by atoms with E-state index in [-0.39, 0.29) is 13.0 Å². The number of benzene rings is 1. The maximum Gasteiger partial charge on any atom is 0.305 e. The fourth-order valence-electron chi connectivity index (χ4n) is 2.46. The molecule has 0 bridgehead atoms. The molecule has 2 rings (SSSR count). The molecule has 7 nitrogen and oxygen atoms in total. The number of nitrogens with zero attached hydrogens (tertiary/aromatic N) is 2. The molecule has 134 valence electrons. The molecule has 0 spiro atoms. The molecule has 1 aromatic heterocycles. The van der Waals surface area contributed by atoms with Gasteiger partial charge in [-0.2, -0.15) is 5.10 Å². The summed E-state index contributed by atoms with van der Waals surface area (Å²) >= 11 is 5.85. The monoisotopic (exact) mass is 365 g/mol. The minimum absolute atomic E-state index is 0.225. The van der Waals surface area contributed by atoms with E-state index in [1.807, 2.05) is 6.92 Å². The molecule has 2 aromatic rings. The summed E-state index contributed by atoms with van der Waals surface area (Å²) in [5.74, 6) is -0.872. The van der Waals surface area contributed by atoms with Crippen molar-refractivity contribution in [2.24, 2.45) is 7.05 Å². The van der Waals surface area contributed by atoms with Gasteiger partial charge in [-0.15, -0.1) is 0 Å². The maximum absolute atomic E-state index is 12.2. The number of nitrogens with one attached hydrogen (secondary N) is 1. The van der Waals surface area contributed by atoms with Crippen LogP contribution in [0.4, 0.5) is 0 Å².